The van der Waals surface area contributed by atoms with Crippen molar-refractivity contribution >= 4 is 71.6 Å². The number of allylic oxidation sites excluding steroid dienone is 7. The van der Waals surface area contributed by atoms with E-state index < -0.39 is 0 Å². The minimum atomic E-state index is 0.404. The molecule has 3 nitrogen and oxygen atoms in total. The van der Waals surface area contributed by atoms with E-state index in [1.54, 1.807) is 12.2 Å². The van der Waals surface area contributed by atoms with Crippen molar-refractivity contribution in [1.82, 2.24) is 0 Å². The number of hydrogen-bond donors (Lipinski definition) is 0. The van der Waals surface area contributed by atoms with Crippen LogP contribution in [0.4, 0.5) is 5.88 Å². The van der Waals surface area contributed by atoms with E-state index in [1.165, 1.54) is 60.1 Å². The van der Waals surface area contributed by atoms with Gasteiger partial charge in [0.15, 0.2) is 0 Å². The molecular weight excluding hydrogens is 731 g/mol. The van der Waals surface area contributed by atoms with E-state index in [0.29, 0.717) is 11.8 Å². The van der Waals surface area contributed by atoms with Crippen LogP contribution in [0.15, 0.2) is 209 Å². The molecule has 60 heavy (non-hydrogen) atoms. The van der Waals surface area contributed by atoms with Crippen LogP contribution in [-0.4, -0.2) is 5.71 Å². The molecule has 1 unspecified atom stereocenters. The number of para-hydroxylation sites is 1. The number of benzene rings is 7. The summed E-state index contributed by atoms with van der Waals surface area (Å²) in [5.41, 5.74) is 13.2. The average molecular weight is 780 g/mol. The van der Waals surface area contributed by atoms with Gasteiger partial charge in [-0.3, -0.25) is 0 Å². The summed E-state index contributed by atoms with van der Waals surface area (Å²) in [6.45, 7) is 19.5. The van der Waals surface area contributed by atoms with E-state index in [2.05, 4.69) is 155 Å². The van der Waals surface area contributed by atoms with Gasteiger partial charge in [-0.1, -0.05) is 171 Å². The highest BCUT2D eigenvalue weighted by atomic mass is 16.3. The molecule has 1 aliphatic carbocycles. The Kier molecular flexibility index (Phi) is 11.4. The zero-order valence-corrected chi connectivity index (χ0v) is 34.8. The van der Waals surface area contributed by atoms with Gasteiger partial charge in [0.1, 0.15) is 16.7 Å². The lowest BCUT2D eigenvalue weighted by molar-refractivity contribution is 0.623. The predicted molar refractivity (Wildman–Crippen MR) is 259 cm³/mol. The molecule has 7 aromatic carbocycles. The zero-order valence-electron chi connectivity index (χ0n) is 34.8. The summed E-state index contributed by atoms with van der Waals surface area (Å²) in [5.74, 6) is 1.05. The van der Waals surface area contributed by atoms with Gasteiger partial charge < -0.3 is 8.83 Å². The minimum absolute atomic E-state index is 0.404. The predicted octanol–water partition coefficient (Wildman–Crippen LogP) is 16.8. The molecular formula is C57H49NO2. The largest absolute Gasteiger partial charge is 0.456 e. The van der Waals surface area contributed by atoms with Gasteiger partial charge in [0, 0.05) is 33.4 Å². The first kappa shape index (κ1) is 39.6. The molecule has 2 aromatic heterocycles. The number of fused-ring (bicyclic) bond motifs is 7. The monoisotopic (exact) mass is 779 g/mol. The van der Waals surface area contributed by atoms with Crippen molar-refractivity contribution in [3.05, 3.63) is 217 Å². The Morgan fingerprint density at radius 3 is 2.00 bits per heavy atom. The van der Waals surface area contributed by atoms with Crippen molar-refractivity contribution in [2.75, 3.05) is 0 Å². The summed E-state index contributed by atoms with van der Waals surface area (Å²) in [6.07, 6.45) is 11.0. The molecule has 294 valence electrons. The fraction of sp³-hybridized carbons (Fsp3) is 0.105. The van der Waals surface area contributed by atoms with Gasteiger partial charge in [0.05, 0.1) is 0 Å². The topological polar surface area (TPSA) is 38.6 Å². The van der Waals surface area contributed by atoms with E-state index in [1.807, 2.05) is 50.2 Å². The maximum Gasteiger partial charge on any atom is 0.223 e. The molecule has 3 heteroatoms. The van der Waals surface area contributed by atoms with Crippen LogP contribution < -0.4 is 0 Å². The summed E-state index contributed by atoms with van der Waals surface area (Å²) >= 11 is 0. The van der Waals surface area contributed by atoms with Crippen molar-refractivity contribution in [2.45, 2.75) is 40.0 Å². The Labute approximate surface area is 352 Å². The number of furan rings is 2. The average Bonchev–Trinajstić information content (AvgIpc) is 3.83. The second-order valence-electron chi connectivity index (χ2n) is 15.3. The lowest BCUT2D eigenvalue weighted by Crippen LogP contribution is -2.05. The van der Waals surface area contributed by atoms with Gasteiger partial charge in [0.25, 0.3) is 0 Å². The highest BCUT2D eigenvalue weighted by molar-refractivity contribution is 6.23. The van der Waals surface area contributed by atoms with Crippen LogP contribution in [0.2, 0.25) is 0 Å². The Balaban J connectivity index is 0.000000153. The lowest BCUT2D eigenvalue weighted by atomic mass is 9.80. The molecule has 0 amide bonds. The molecule has 1 aliphatic rings. The molecule has 2 heterocycles. The molecule has 0 bridgehead atoms. The SMILES string of the molecule is C=C(/C(C)=N\c1oc2ccccc2c1C)c1cccc(-c2ccccc2)c1.C=CC=C.CC1=CC=CCC1c1c(C)c2oc3cc4ccccc4cc3c2c2ccccc12. The summed E-state index contributed by atoms with van der Waals surface area (Å²) < 4.78 is 12.4. The standard InChI is InChI=1S/C28H22O.C25H21NO.C4H6/c1-17-9-3-6-12-21(17)26-18(2)28-27(23-14-8-7-13-22(23)26)24-15-19-10-4-5-11-20(19)16-25(24)29-28;1-17(21-12-9-13-22(16-21)20-10-5-4-6-11-20)19(3)26-25-18(2)23-14-7-8-15-24(23)27-25;1-3-4-2/h3-11,13-16,21H,12H2,1-2H3;4-16H,1H2,2-3H3;3-4H,1-2H2/b;26-19-;. The Bertz CT molecular complexity index is 3160. The number of aliphatic imine (C=N–C) groups is 1. The smallest absolute Gasteiger partial charge is 0.223 e. The molecule has 9 aromatic rings. The van der Waals surface area contributed by atoms with Crippen molar-refractivity contribution in [3.8, 4) is 11.1 Å². The first-order valence-electron chi connectivity index (χ1n) is 20.5. The second kappa shape index (κ2) is 17.3. The van der Waals surface area contributed by atoms with E-state index in [-0.39, 0.29) is 0 Å². The van der Waals surface area contributed by atoms with Gasteiger partial charge in [-0.2, -0.15) is 0 Å². The third-order valence-corrected chi connectivity index (χ3v) is 11.6. The van der Waals surface area contributed by atoms with Gasteiger partial charge in [-0.15, -0.1) is 0 Å². The Morgan fingerprint density at radius 1 is 0.633 bits per heavy atom. The third-order valence-electron chi connectivity index (χ3n) is 11.6. The fourth-order valence-corrected chi connectivity index (χ4v) is 8.32. The van der Waals surface area contributed by atoms with E-state index in [4.69, 9.17) is 13.8 Å². The highest BCUT2D eigenvalue weighted by Gasteiger charge is 2.24. The summed E-state index contributed by atoms with van der Waals surface area (Å²) in [4.78, 5) is 4.72. The molecule has 0 aliphatic heterocycles. The van der Waals surface area contributed by atoms with Crippen LogP contribution in [0.1, 0.15) is 48.4 Å². The summed E-state index contributed by atoms with van der Waals surface area (Å²) in [6, 6.07) is 48.6. The summed E-state index contributed by atoms with van der Waals surface area (Å²) in [5, 5.41) is 8.67. The molecule has 10 rings (SSSR count). The van der Waals surface area contributed by atoms with Crippen LogP contribution in [0.25, 0.3) is 71.2 Å². The summed E-state index contributed by atoms with van der Waals surface area (Å²) in [7, 11) is 0. The van der Waals surface area contributed by atoms with Crippen LogP contribution in [0.5, 0.6) is 0 Å². The number of rotatable bonds is 6. The van der Waals surface area contributed by atoms with E-state index in [9.17, 15) is 0 Å². The minimum Gasteiger partial charge on any atom is -0.456 e. The van der Waals surface area contributed by atoms with Gasteiger partial charge in [-0.25, -0.2) is 4.99 Å². The zero-order chi connectivity index (χ0) is 41.8. The molecule has 1 atom stereocenters. The quantitative estimate of drug-likeness (QED) is 0.125. The van der Waals surface area contributed by atoms with Crippen LogP contribution in [0.3, 0.4) is 0 Å². The fourth-order valence-electron chi connectivity index (χ4n) is 8.32. The van der Waals surface area contributed by atoms with Gasteiger partial charge >= 0.3 is 0 Å². The second-order valence-corrected chi connectivity index (χ2v) is 15.3. The van der Waals surface area contributed by atoms with Crippen LogP contribution >= 0.6 is 0 Å². The molecule has 0 fully saturated rings. The van der Waals surface area contributed by atoms with Gasteiger partial charge in [-0.05, 0) is 113 Å². The number of nitrogens with zero attached hydrogens (tertiary/aromatic N) is 1. The first-order valence-corrected chi connectivity index (χ1v) is 20.5. The maximum atomic E-state index is 6.53. The Morgan fingerprint density at radius 2 is 1.28 bits per heavy atom. The molecule has 0 N–H and O–H groups in total. The van der Waals surface area contributed by atoms with Crippen molar-refractivity contribution in [1.29, 1.82) is 0 Å². The normalized spacial score (nSPS) is 13.8. The highest BCUT2D eigenvalue weighted by Crippen LogP contribution is 2.45. The lowest BCUT2D eigenvalue weighted by Gasteiger charge is -2.23. The van der Waals surface area contributed by atoms with Crippen molar-refractivity contribution in [3.63, 3.8) is 0 Å². The number of hydrogen-bond acceptors (Lipinski definition) is 3. The van der Waals surface area contributed by atoms with Crippen molar-refractivity contribution in [2.24, 2.45) is 4.99 Å². The van der Waals surface area contributed by atoms with Gasteiger partial charge in [0.2, 0.25) is 5.88 Å². The van der Waals surface area contributed by atoms with Crippen LogP contribution in [0, 0.1) is 13.8 Å². The molecule has 0 radical (unpaired) electrons. The number of aryl methyl sites for hydroxylation is 2. The van der Waals surface area contributed by atoms with E-state index in [0.717, 1.165) is 51.0 Å². The molecule has 0 saturated heterocycles. The first-order chi connectivity index (χ1) is 29.3. The Hall–Kier alpha value is -7.23. The van der Waals surface area contributed by atoms with Crippen LogP contribution in [-0.2, 0) is 0 Å². The molecule has 0 spiro atoms. The van der Waals surface area contributed by atoms with E-state index >= 15 is 0 Å². The molecule has 0 saturated carbocycles. The maximum absolute atomic E-state index is 6.53. The third kappa shape index (κ3) is 7.70. The van der Waals surface area contributed by atoms with Crippen molar-refractivity contribution < 1.29 is 8.83 Å².